The van der Waals surface area contributed by atoms with Gasteiger partial charge < -0.3 is 9.88 Å². The summed E-state index contributed by atoms with van der Waals surface area (Å²) in [6, 6.07) is -0.230. The van der Waals surface area contributed by atoms with E-state index in [2.05, 4.69) is 20.8 Å². The van der Waals surface area contributed by atoms with Crippen molar-refractivity contribution in [2.24, 2.45) is 7.05 Å². The Morgan fingerprint density at radius 3 is 2.67 bits per heavy atom. The second-order valence-corrected chi connectivity index (χ2v) is 3.44. The number of amides is 1. The van der Waals surface area contributed by atoms with Gasteiger partial charge in [-0.1, -0.05) is 0 Å². The Kier molecular flexibility index (Phi) is 3.79. The quantitative estimate of drug-likeness (QED) is 0.694. The van der Waals surface area contributed by atoms with Gasteiger partial charge in [0.2, 0.25) is 5.91 Å². The van der Waals surface area contributed by atoms with Crippen LogP contribution in [0.15, 0.2) is 0 Å². The summed E-state index contributed by atoms with van der Waals surface area (Å²) in [5, 5.41) is 13.6. The Morgan fingerprint density at radius 1 is 1.53 bits per heavy atom. The van der Waals surface area contributed by atoms with Gasteiger partial charge in [0, 0.05) is 14.1 Å². The fourth-order valence-electron chi connectivity index (χ4n) is 1.16. The molecule has 84 valence electrons. The van der Waals surface area contributed by atoms with Gasteiger partial charge in [-0.2, -0.15) is 0 Å². The number of hydrogen-bond acceptors (Lipinski definition) is 4. The summed E-state index contributed by atoms with van der Waals surface area (Å²) in [5.74, 6) is 1.65. The Morgan fingerprint density at radius 2 is 2.20 bits per heavy atom. The fourth-order valence-corrected chi connectivity index (χ4v) is 1.16. The van der Waals surface area contributed by atoms with E-state index in [1.54, 1.807) is 7.05 Å². The van der Waals surface area contributed by atoms with Crippen LogP contribution in [0.5, 0.6) is 0 Å². The van der Waals surface area contributed by atoms with Crippen molar-refractivity contribution in [1.29, 1.82) is 0 Å². The van der Waals surface area contributed by atoms with Crippen molar-refractivity contribution < 1.29 is 4.79 Å². The molecular weight excluding hydrogens is 194 g/mol. The molecule has 1 aromatic rings. The van der Waals surface area contributed by atoms with Gasteiger partial charge in [-0.05, 0) is 13.8 Å². The van der Waals surface area contributed by atoms with Gasteiger partial charge >= 0.3 is 0 Å². The number of nitrogens with zero attached hydrogens (tertiary/aromatic N) is 3. The predicted octanol–water partition coefficient (Wildman–Crippen LogP) is -0.652. The normalized spacial score (nSPS) is 12.5. The highest BCUT2D eigenvalue weighted by Crippen LogP contribution is 1.97. The smallest absolute Gasteiger partial charge is 0.236 e. The molecule has 0 saturated heterocycles. The maximum absolute atomic E-state index is 11.2. The molecule has 1 heterocycles. The van der Waals surface area contributed by atoms with E-state index in [1.807, 2.05) is 25.5 Å². The van der Waals surface area contributed by atoms with Crippen LogP contribution < -0.4 is 10.6 Å². The lowest BCUT2D eigenvalue weighted by Crippen LogP contribution is -2.40. The summed E-state index contributed by atoms with van der Waals surface area (Å²) in [7, 11) is 3.52. The van der Waals surface area contributed by atoms with Crippen LogP contribution in [0.4, 0.5) is 0 Å². The van der Waals surface area contributed by atoms with Crippen molar-refractivity contribution in [2.75, 3.05) is 7.05 Å². The zero-order valence-electron chi connectivity index (χ0n) is 9.53. The Bertz CT molecular complexity index is 346. The third kappa shape index (κ3) is 2.76. The third-order valence-corrected chi connectivity index (χ3v) is 2.39. The molecule has 2 N–H and O–H groups in total. The highest BCUT2D eigenvalue weighted by atomic mass is 16.2. The van der Waals surface area contributed by atoms with E-state index in [0.717, 1.165) is 11.6 Å². The van der Waals surface area contributed by atoms with Gasteiger partial charge in [-0.15, -0.1) is 10.2 Å². The fraction of sp³-hybridized carbons (Fsp3) is 0.667. The number of aromatic nitrogens is 3. The maximum Gasteiger partial charge on any atom is 0.236 e. The zero-order chi connectivity index (χ0) is 11.4. The molecule has 6 heteroatoms. The first-order valence-corrected chi connectivity index (χ1v) is 4.86. The third-order valence-electron chi connectivity index (χ3n) is 2.39. The molecule has 0 bridgehead atoms. The molecule has 0 radical (unpaired) electrons. The van der Waals surface area contributed by atoms with E-state index in [1.165, 1.54) is 0 Å². The van der Waals surface area contributed by atoms with Crippen LogP contribution in [0.3, 0.4) is 0 Å². The molecular formula is C9H17N5O. The number of aryl methyl sites for hydroxylation is 1. The Balaban J connectivity index is 2.50. The van der Waals surface area contributed by atoms with E-state index < -0.39 is 0 Å². The highest BCUT2D eigenvalue weighted by molar-refractivity contribution is 5.80. The average molecular weight is 211 g/mol. The number of nitrogens with one attached hydrogen (secondary N) is 2. The van der Waals surface area contributed by atoms with E-state index in [9.17, 15) is 4.79 Å². The number of likely N-dealkylation sites (N-methyl/N-ethyl adjacent to an activating group) is 1. The van der Waals surface area contributed by atoms with Gasteiger partial charge in [-0.25, -0.2) is 0 Å². The molecule has 0 spiro atoms. The average Bonchev–Trinajstić information content (AvgIpc) is 2.55. The number of carbonyl (C=O) groups is 1. The van der Waals surface area contributed by atoms with E-state index in [4.69, 9.17) is 0 Å². The van der Waals surface area contributed by atoms with Crippen LogP contribution in [0, 0.1) is 6.92 Å². The first kappa shape index (κ1) is 11.6. The second kappa shape index (κ2) is 4.88. The minimum atomic E-state index is -0.230. The van der Waals surface area contributed by atoms with Crippen molar-refractivity contribution in [2.45, 2.75) is 26.4 Å². The first-order valence-electron chi connectivity index (χ1n) is 4.86. The molecule has 0 aromatic carbocycles. The summed E-state index contributed by atoms with van der Waals surface area (Å²) < 4.78 is 1.89. The molecule has 0 aliphatic rings. The minimum Gasteiger partial charge on any atom is -0.358 e. The molecule has 0 fully saturated rings. The van der Waals surface area contributed by atoms with Crippen LogP contribution in [-0.4, -0.2) is 33.8 Å². The monoisotopic (exact) mass is 211 g/mol. The topological polar surface area (TPSA) is 71.8 Å². The highest BCUT2D eigenvalue weighted by Gasteiger charge is 2.11. The molecule has 6 nitrogen and oxygen atoms in total. The molecule has 0 aliphatic heterocycles. The standard InChI is InChI=1S/C9H17N5O/c1-6(9(15)10-3)11-5-8-13-12-7(2)14(8)4/h6,11H,5H2,1-4H3,(H,10,15). The van der Waals surface area contributed by atoms with Crippen LogP contribution >= 0.6 is 0 Å². The first-order chi connectivity index (χ1) is 7.06. The molecule has 1 aromatic heterocycles. The number of hydrogen-bond donors (Lipinski definition) is 2. The lowest BCUT2D eigenvalue weighted by molar-refractivity contribution is -0.122. The van der Waals surface area contributed by atoms with Crippen molar-refractivity contribution in [3.05, 3.63) is 11.6 Å². The lowest BCUT2D eigenvalue weighted by Gasteiger charge is -2.11. The van der Waals surface area contributed by atoms with Crippen molar-refractivity contribution in [3.63, 3.8) is 0 Å². The summed E-state index contributed by atoms with van der Waals surface area (Å²) in [6.45, 7) is 4.23. The van der Waals surface area contributed by atoms with E-state index in [-0.39, 0.29) is 11.9 Å². The van der Waals surface area contributed by atoms with Gasteiger partial charge in [0.15, 0.2) is 0 Å². The summed E-state index contributed by atoms with van der Waals surface area (Å²) >= 11 is 0. The number of rotatable bonds is 4. The molecule has 0 aliphatic carbocycles. The van der Waals surface area contributed by atoms with E-state index in [0.29, 0.717) is 6.54 Å². The number of carbonyl (C=O) groups excluding carboxylic acids is 1. The summed E-state index contributed by atoms with van der Waals surface area (Å²) in [5.41, 5.74) is 0. The molecule has 1 unspecified atom stereocenters. The van der Waals surface area contributed by atoms with Gasteiger partial charge in [0.05, 0.1) is 12.6 Å². The maximum atomic E-state index is 11.2. The largest absolute Gasteiger partial charge is 0.358 e. The Hall–Kier alpha value is -1.43. The van der Waals surface area contributed by atoms with Gasteiger partial charge in [-0.3, -0.25) is 10.1 Å². The molecule has 15 heavy (non-hydrogen) atoms. The van der Waals surface area contributed by atoms with E-state index >= 15 is 0 Å². The minimum absolute atomic E-state index is 0.0334. The molecule has 1 amide bonds. The van der Waals surface area contributed by atoms with Crippen molar-refractivity contribution in [1.82, 2.24) is 25.4 Å². The summed E-state index contributed by atoms with van der Waals surface area (Å²) in [4.78, 5) is 11.2. The molecule has 1 atom stereocenters. The van der Waals surface area contributed by atoms with Crippen LogP contribution in [0.1, 0.15) is 18.6 Å². The summed E-state index contributed by atoms with van der Waals surface area (Å²) in [6.07, 6.45) is 0. The van der Waals surface area contributed by atoms with Crippen LogP contribution in [-0.2, 0) is 18.4 Å². The predicted molar refractivity (Wildman–Crippen MR) is 56.1 cm³/mol. The SMILES string of the molecule is CNC(=O)C(C)NCc1nnc(C)n1C. The lowest BCUT2D eigenvalue weighted by atomic mass is 10.3. The van der Waals surface area contributed by atoms with Gasteiger partial charge in [0.1, 0.15) is 11.6 Å². The Labute approximate surface area is 89.1 Å². The van der Waals surface area contributed by atoms with Crippen molar-refractivity contribution >= 4 is 5.91 Å². The van der Waals surface area contributed by atoms with Crippen LogP contribution in [0.2, 0.25) is 0 Å². The van der Waals surface area contributed by atoms with Gasteiger partial charge in [0.25, 0.3) is 0 Å². The van der Waals surface area contributed by atoms with Crippen LogP contribution in [0.25, 0.3) is 0 Å². The second-order valence-electron chi connectivity index (χ2n) is 3.44. The molecule has 1 rings (SSSR count). The van der Waals surface area contributed by atoms with Crippen molar-refractivity contribution in [3.8, 4) is 0 Å². The molecule has 0 saturated carbocycles. The zero-order valence-corrected chi connectivity index (χ0v) is 9.53.